The van der Waals surface area contributed by atoms with Crippen molar-refractivity contribution in [3.05, 3.63) is 87.2 Å². The number of carbonyl (C=O) groups is 1. The topological polar surface area (TPSA) is 67.6 Å². The molecule has 1 heterocycles. The standard InChI is InChI=1S/C22H18Cl2FN3O2/c23-19-10-16(27-26)11-20(24)21(19)30-17-4-5-18-14(9-17)6-7-28(22(18)29)12-13-2-1-3-15(25)8-13/h1-5,8-11,27H,6-7,12,26H2. The third-order valence-electron chi connectivity index (χ3n) is 4.89. The van der Waals surface area contributed by atoms with Gasteiger partial charge in [0.25, 0.3) is 5.91 Å². The van der Waals surface area contributed by atoms with E-state index >= 15 is 0 Å². The fourth-order valence-electron chi connectivity index (χ4n) is 3.44. The Morgan fingerprint density at radius 1 is 1.10 bits per heavy atom. The highest BCUT2D eigenvalue weighted by molar-refractivity contribution is 6.37. The molecule has 3 aromatic rings. The van der Waals surface area contributed by atoms with E-state index in [9.17, 15) is 9.18 Å². The fraction of sp³-hybridized carbons (Fsp3) is 0.136. The number of nitrogens with one attached hydrogen (secondary N) is 1. The van der Waals surface area contributed by atoms with E-state index in [1.54, 1.807) is 35.2 Å². The lowest BCUT2D eigenvalue weighted by molar-refractivity contribution is 0.0727. The van der Waals surface area contributed by atoms with Crippen LogP contribution >= 0.6 is 23.2 Å². The Hall–Kier alpha value is -2.80. The summed E-state index contributed by atoms with van der Waals surface area (Å²) in [4.78, 5) is 14.6. The molecule has 3 aromatic carbocycles. The van der Waals surface area contributed by atoms with Gasteiger partial charge in [-0.1, -0.05) is 35.3 Å². The summed E-state index contributed by atoms with van der Waals surface area (Å²) in [5.74, 6) is 5.81. The van der Waals surface area contributed by atoms with E-state index in [1.807, 2.05) is 12.1 Å². The Labute approximate surface area is 183 Å². The Balaban J connectivity index is 1.54. The molecule has 0 aromatic heterocycles. The molecule has 0 fully saturated rings. The van der Waals surface area contributed by atoms with E-state index in [-0.39, 0.29) is 11.7 Å². The molecular formula is C22H18Cl2FN3O2. The highest BCUT2D eigenvalue weighted by Crippen LogP contribution is 2.39. The summed E-state index contributed by atoms with van der Waals surface area (Å²) < 4.78 is 19.3. The van der Waals surface area contributed by atoms with Crippen LogP contribution in [0.2, 0.25) is 10.0 Å². The van der Waals surface area contributed by atoms with E-state index in [0.29, 0.717) is 52.3 Å². The number of benzene rings is 3. The smallest absolute Gasteiger partial charge is 0.254 e. The number of carbonyl (C=O) groups excluding carboxylic acids is 1. The van der Waals surface area contributed by atoms with Crippen LogP contribution in [0, 0.1) is 5.82 Å². The van der Waals surface area contributed by atoms with E-state index in [1.165, 1.54) is 12.1 Å². The molecule has 1 aliphatic rings. The number of hydrogen-bond donors (Lipinski definition) is 2. The number of amides is 1. The molecule has 0 saturated heterocycles. The van der Waals surface area contributed by atoms with Crippen molar-refractivity contribution >= 4 is 34.8 Å². The van der Waals surface area contributed by atoms with Gasteiger partial charge in [-0.2, -0.15) is 0 Å². The lowest BCUT2D eigenvalue weighted by Gasteiger charge is -2.29. The molecule has 0 saturated carbocycles. The number of hydrogen-bond acceptors (Lipinski definition) is 4. The van der Waals surface area contributed by atoms with Crippen LogP contribution in [0.5, 0.6) is 11.5 Å². The van der Waals surface area contributed by atoms with Gasteiger partial charge in [0.1, 0.15) is 11.6 Å². The first-order valence-electron chi connectivity index (χ1n) is 9.25. The number of nitrogens with two attached hydrogens (primary N) is 1. The highest BCUT2D eigenvalue weighted by atomic mass is 35.5. The summed E-state index contributed by atoms with van der Waals surface area (Å²) >= 11 is 12.5. The van der Waals surface area contributed by atoms with Crippen LogP contribution in [0.4, 0.5) is 10.1 Å². The van der Waals surface area contributed by atoms with Gasteiger partial charge < -0.3 is 15.1 Å². The second-order valence-electron chi connectivity index (χ2n) is 6.94. The third-order valence-corrected chi connectivity index (χ3v) is 5.45. The quantitative estimate of drug-likeness (QED) is 0.406. The fourth-order valence-corrected chi connectivity index (χ4v) is 4.01. The van der Waals surface area contributed by atoms with Gasteiger partial charge in [-0.05, 0) is 60.0 Å². The van der Waals surface area contributed by atoms with Gasteiger partial charge in [0.15, 0.2) is 5.75 Å². The van der Waals surface area contributed by atoms with Gasteiger partial charge in [-0.15, -0.1) is 0 Å². The van der Waals surface area contributed by atoms with Crippen molar-refractivity contribution in [1.29, 1.82) is 0 Å². The predicted molar refractivity (Wildman–Crippen MR) is 116 cm³/mol. The number of hydrazine groups is 1. The highest BCUT2D eigenvalue weighted by Gasteiger charge is 2.25. The van der Waals surface area contributed by atoms with Gasteiger partial charge in [-0.3, -0.25) is 10.6 Å². The van der Waals surface area contributed by atoms with Crippen molar-refractivity contribution in [3.63, 3.8) is 0 Å². The maximum Gasteiger partial charge on any atom is 0.254 e. The average Bonchev–Trinajstić information content (AvgIpc) is 2.72. The number of nitrogens with zero attached hydrogens (tertiary/aromatic N) is 1. The molecule has 0 unspecified atom stereocenters. The average molecular weight is 446 g/mol. The van der Waals surface area contributed by atoms with Crippen molar-refractivity contribution in [2.24, 2.45) is 5.84 Å². The third kappa shape index (κ3) is 4.21. The second-order valence-corrected chi connectivity index (χ2v) is 7.76. The van der Waals surface area contributed by atoms with Gasteiger partial charge in [-0.25, -0.2) is 4.39 Å². The molecule has 1 amide bonds. The predicted octanol–water partition coefficient (Wildman–Crippen LogP) is 5.41. The lowest BCUT2D eigenvalue weighted by atomic mass is 9.98. The monoisotopic (exact) mass is 445 g/mol. The van der Waals surface area contributed by atoms with Crippen molar-refractivity contribution in [2.45, 2.75) is 13.0 Å². The maximum atomic E-state index is 13.4. The van der Waals surface area contributed by atoms with E-state index in [0.717, 1.165) is 11.1 Å². The Morgan fingerprint density at radius 2 is 1.87 bits per heavy atom. The lowest BCUT2D eigenvalue weighted by Crippen LogP contribution is -2.37. The molecule has 4 rings (SSSR count). The second kappa shape index (κ2) is 8.52. The first kappa shape index (κ1) is 20.5. The molecule has 30 heavy (non-hydrogen) atoms. The number of nitrogen functional groups attached to an aromatic ring is 1. The molecule has 0 bridgehead atoms. The van der Waals surface area contributed by atoms with Crippen LogP contribution in [0.1, 0.15) is 21.5 Å². The summed E-state index contributed by atoms with van der Waals surface area (Å²) in [6.45, 7) is 0.894. The molecule has 8 heteroatoms. The van der Waals surface area contributed by atoms with Crippen LogP contribution in [0.3, 0.4) is 0 Å². The number of halogens is 3. The number of fused-ring (bicyclic) bond motifs is 1. The minimum Gasteiger partial charge on any atom is -0.454 e. The number of rotatable bonds is 5. The molecule has 5 nitrogen and oxygen atoms in total. The summed E-state index contributed by atoms with van der Waals surface area (Å²) in [6.07, 6.45) is 0.658. The molecule has 0 atom stereocenters. The summed E-state index contributed by atoms with van der Waals surface area (Å²) in [7, 11) is 0. The largest absolute Gasteiger partial charge is 0.454 e. The van der Waals surface area contributed by atoms with Crippen LogP contribution in [-0.2, 0) is 13.0 Å². The first-order valence-corrected chi connectivity index (χ1v) is 10.0. The zero-order valence-corrected chi connectivity index (χ0v) is 17.3. The Kier molecular flexibility index (Phi) is 5.81. The summed E-state index contributed by atoms with van der Waals surface area (Å²) in [6, 6.07) is 14.7. The Morgan fingerprint density at radius 3 is 2.57 bits per heavy atom. The van der Waals surface area contributed by atoms with Crippen LogP contribution in [0.15, 0.2) is 54.6 Å². The van der Waals surface area contributed by atoms with E-state index < -0.39 is 0 Å². The van der Waals surface area contributed by atoms with Gasteiger partial charge >= 0.3 is 0 Å². The zero-order valence-electron chi connectivity index (χ0n) is 15.8. The van der Waals surface area contributed by atoms with Crippen LogP contribution in [-0.4, -0.2) is 17.4 Å². The SMILES string of the molecule is NNc1cc(Cl)c(Oc2ccc3c(c2)CCN(Cc2cccc(F)c2)C3=O)c(Cl)c1. The van der Waals surface area contributed by atoms with E-state index in [2.05, 4.69) is 5.43 Å². The molecular weight excluding hydrogens is 428 g/mol. The minimum atomic E-state index is -0.313. The van der Waals surface area contributed by atoms with Crippen LogP contribution in [0.25, 0.3) is 0 Å². The van der Waals surface area contributed by atoms with Crippen molar-refractivity contribution < 1.29 is 13.9 Å². The van der Waals surface area contributed by atoms with Gasteiger partial charge in [0, 0.05) is 18.7 Å². The molecule has 0 radical (unpaired) electrons. The molecule has 0 spiro atoms. The van der Waals surface area contributed by atoms with Crippen LogP contribution < -0.4 is 16.0 Å². The number of ether oxygens (including phenoxy) is 1. The molecule has 154 valence electrons. The molecule has 3 N–H and O–H groups in total. The van der Waals surface area contributed by atoms with E-state index in [4.69, 9.17) is 33.8 Å². The summed E-state index contributed by atoms with van der Waals surface area (Å²) in [5.41, 5.74) is 5.28. The van der Waals surface area contributed by atoms with Gasteiger partial charge in [0.05, 0.1) is 15.7 Å². The van der Waals surface area contributed by atoms with Crippen molar-refractivity contribution in [2.75, 3.05) is 12.0 Å². The van der Waals surface area contributed by atoms with Crippen molar-refractivity contribution in [3.8, 4) is 11.5 Å². The zero-order chi connectivity index (χ0) is 21.3. The minimum absolute atomic E-state index is 0.0958. The number of anilines is 1. The van der Waals surface area contributed by atoms with Crippen molar-refractivity contribution in [1.82, 2.24) is 4.90 Å². The summed E-state index contributed by atoms with van der Waals surface area (Å²) in [5, 5.41) is 0.621. The Bertz CT molecular complexity index is 1100. The normalized spacial score (nSPS) is 13.2. The van der Waals surface area contributed by atoms with Gasteiger partial charge in [0.2, 0.25) is 0 Å². The molecule has 0 aliphatic carbocycles. The maximum absolute atomic E-state index is 13.4. The molecule has 1 aliphatic heterocycles. The first-order chi connectivity index (χ1) is 14.4.